The predicted molar refractivity (Wildman–Crippen MR) is 149 cm³/mol. The van der Waals surface area contributed by atoms with E-state index in [2.05, 4.69) is 73.0 Å². The summed E-state index contributed by atoms with van der Waals surface area (Å²) < 4.78 is 0. The minimum Gasteiger partial charge on any atom is -0.390 e. The zero-order chi connectivity index (χ0) is 26.8. The van der Waals surface area contributed by atoms with Gasteiger partial charge in [0, 0.05) is 26.6 Å². The van der Waals surface area contributed by atoms with Gasteiger partial charge in [0.15, 0.2) is 0 Å². The SMILES string of the molecule is CC(C)c1cccc(CNC[C@@H](O)[C@@H]2Cc3cccc(c3)CCCCCCC(=O)N(C)[C@@H](C)C(=O)N2)c1. The number of benzene rings is 2. The molecule has 2 aromatic rings. The van der Waals surface area contributed by atoms with Crippen LogP contribution in [-0.4, -0.2) is 53.6 Å². The number of nitrogens with one attached hydrogen (secondary N) is 2. The minimum atomic E-state index is -0.784. The first-order valence-corrected chi connectivity index (χ1v) is 13.9. The molecule has 0 saturated heterocycles. The van der Waals surface area contributed by atoms with Crippen LogP contribution in [0.3, 0.4) is 0 Å². The average molecular weight is 508 g/mol. The van der Waals surface area contributed by atoms with Crippen molar-refractivity contribution in [2.75, 3.05) is 13.6 Å². The summed E-state index contributed by atoms with van der Waals surface area (Å²) in [5.41, 5.74) is 4.83. The van der Waals surface area contributed by atoms with E-state index in [1.807, 2.05) is 0 Å². The monoisotopic (exact) mass is 507 g/mol. The normalized spacial score (nSPS) is 21.1. The lowest BCUT2D eigenvalue weighted by molar-refractivity contribution is -0.139. The molecule has 2 bridgehead atoms. The Morgan fingerprint density at radius 1 is 1.00 bits per heavy atom. The Kier molecular flexibility index (Phi) is 11.2. The number of amides is 2. The zero-order valence-electron chi connectivity index (χ0n) is 23.0. The first-order chi connectivity index (χ1) is 17.7. The van der Waals surface area contributed by atoms with Gasteiger partial charge in [0.05, 0.1) is 12.1 Å². The smallest absolute Gasteiger partial charge is 0.242 e. The molecule has 0 aromatic heterocycles. The van der Waals surface area contributed by atoms with Gasteiger partial charge >= 0.3 is 0 Å². The van der Waals surface area contributed by atoms with E-state index in [4.69, 9.17) is 0 Å². The van der Waals surface area contributed by atoms with E-state index in [1.165, 1.54) is 21.6 Å². The number of aryl methyl sites for hydroxylation is 1. The van der Waals surface area contributed by atoms with Gasteiger partial charge < -0.3 is 20.6 Å². The molecule has 0 spiro atoms. The van der Waals surface area contributed by atoms with Crippen LogP contribution in [0.1, 0.15) is 81.0 Å². The van der Waals surface area contributed by atoms with Gasteiger partial charge in [-0.1, -0.05) is 75.2 Å². The van der Waals surface area contributed by atoms with Gasteiger partial charge in [0.25, 0.3) is 0 Å². The first-order valence-electron chi connectivity index (χ1n) is 13.9. The van der Waals surface area contributed by atoms with Crippen molar-refractivity contribution in [2.45, 2.75) is 96.4 Å². The number of aliphatic hydroxyl groups excluding tert-OH is 1. The molecular weight excluding hydrogens is 462 g/mol. The fraction of sp³-hybridized carbons (Fsp3) is 0.548. The van der Waals surface area contributed by atoms with E-state index in [9.17, 15) is 14.7 Å². The van der Waals surface area contributed by atoms with Crippen LogP contribution in [-0.2, 0) is 29.0 Å². The molecule has 37 heavy (non-hydrogen) atoms. The lowest BCUT2D eigenvalue weighted by Gasteiger charge is -2.29. The molecule has 2 amide bonds. The number of carbonyl (C=O) groups is 2. The molecule has 202 valence electrons. The van der Waals surface area contributed by atoms with Gasteiger partial charge in [-0.15, -0.1) is 0 Å². The molecule has 0 unspecified atom stereocenters. The number of likely N-dealkylation sites (N-methyl/N-ethyl adjacent to an activating group) is 1. The number of aliphatic hydroxyl groups is 1. The molecule has 3 N–H and O–H groups in total. The van der Waals surface area contributed by atoms with E-state index in [0.717, 1.165) is 37.7 Å². The summed E-state index contributed by atoms with van der Waals surface area (Å²) in [4.78, 5) is 27.3. The summed E-state index contributed by atoms with van der Waals surface area (Å²) in [6, 6.07) is 15.9. The third kappa shape index (κ3) is 8.97. The largest absolute Gasteiger partial charge is 0.390 e. The van der Waals surface area contributed by atoms with E-state index >= 15 is 0 Å². The molecule has 6 heteroatoms. The summed E-state index contributed by atoms with van der Waals surface area (Å²) in [6.45, 7) is 7.09. The topological polar surface area (TPSA) is 81.7 Å². The summed E-state index contributed by atoms with van der Waals surface area (Å²) in [5.74, 6) is 0.206. The number of rotatable bonds is 6. The first kappa shape index (κ1) is 28.9. The molecule has 1 heterocycles. The minimum absolute atomic E-state index is 0.0117. The molecule has 6 nitrogen and oxygen atoms in total. The molecule has 0 radical (unpaired) electrons. The van der Waals surface area contributed by atoms with Crippen LogP contribution < -0.4 is 10.6 Å². The zero-order valence-corrected chi connectivity index (χ0v) is 23.0. The molecule has 3 rings (SSSR count). The Labute approximate surface area is 222 Å². The fourth-order valence-electron chi connectivity index (χ4n) is 4.85. The molecular formula is C31H45N3O3. The van der Waals surface area contributed by atoms with Crippen LogP contribution in [0.25, 0.3) is 0 Å². The van der Waals surface area contributed by atoms with Crippen LogP contribution >= 0.6 is 0 Å². The van der Waals surface area contributed by atoms with Crippen LogP contribution in [0.15, 0.2) is 48.5 Å². The fourth-order valence-corrected chi connectivity index (χ4v) is 4.85. The van der Waals surface area contributed by atoms with Crippen molar-refractivity contribution in [3.63, 3.8) is 0 Å². The summed E-state index contributed by atoms with van der Waals surface area (Å²) in [7, 11) is 1.69. The van der Waals surface area contributed by atoms with Gasteiger partial charge in [0.2, 0.25) is 11.8 Å². The molecule has 2 aromatic carbocycles. The number of nitrogens with zero attached hydrogens (tertiary/aromatic N) is 1. The van der Waals surface area contributed by atoms with Crippen molar-refractivity contribution in [1.82, 2.24) is 15.5 Å². The van der Waals surface area contributed by atoms with Gasteiger partial charge in [-0.3, -0.25) is 9.59 Å². The van der Waals surface area contributed by atoms with Crippen LogP contribution in [0.2, 0.25) is 0 Å². The standard InChI is InChI=1S/C31H45N3O3/c1-22(2)27-15-10-14-26(18-27)20-32-21-29(35)28-19-25-13-9-12-24(17-25)11-7-5-6-8-16-30(36)34(4)23(3)31(37)33-28/h9-10,12-15,17-18,22-23,28-29,32,35H,5-8,11,16,19-21H2,1-4H3,(H,33,37)/t23-,28-,29+/m0/s1. The van der Waals surface area contributed by atoms with E-state index in [1.54, 1.807) is 14.0 Å². The second-order valence-electron chi connectivity index (χ2n) is 10.8. The lowest BCUT2D eigenvalue weighted by Crippen LogP contribution is -2.54. The number of fused-ring (bicyclic) bond motifs is 2. The van der Waals surface area contributed by atoms with Gasteiger partial charge in [-0.05, 0) is 60.8 Å². The Hall–Kier alpha value is -2.70. The predicted octanol–water partition coefficient (Wildman–Crippen LogP) is 4.34. The van der Waals surface area contributed by atoms with Crippen molar-refractivity contribution in [2.24, 2.45) is 0 Å². The van der Waals surface area contributed by atoms with Crippen molar-refractivity contribution in [1.29, 1.82) is 0 Å². The lowest BCUT2D eigenvalue weighted by atomic mass is 9.97. The molecule has 0 aliphatic carbocycles. The van der Waals surface area contributed by atoms with Crippen molar-refractivity contribution >= 4 is 11.8 Å². The molecule has 3 atom stereocenters. The van der Waals surface area contributed by atoms with Crippen LogP contribution in [0.4, 0.5) is 0 Å². The van der Waals surface area contributed by atoms with Crippen molar-refractivity contribution < 1.29 is 14.7 Å². The van der Waals surface area contributed by atoms with Gasteiger partial charge in [-0.25, -0.2) is 0 Å². The average Bonchev–Trinajstić information content (AvgIpc) is 2.89. The quantitative estimate of drug-likeness (QED) is 0.543. The van der Waals surface area contributed by atoms with Crippen LogP contribution in [0.5, 0.6) is 0 Å². The summed E-state index contributed by atoms with van der Waals surface area (Å²) in [5, 5.41) is 17.6. The van der Waals surface area contributed by atoms with Crippen molar-refractivity contribution in [3.05, 3.63) is 70.8 Å². The number of hydrogen-bond acceptors (Lipinski definition) is 4. The molecule has 0 fully saturated rings. The Morgan fingerprint density at radius 3 is 2.46 bits per heavy atom. The highest BCUT2D eigenvalue weighted by Crippen LogP contribution is 2.17. The highest BCUT2D eigenvalue weighted by Gasteiger charge is 2.27. The maximum atomic E-state index is 13.2. The highest BCUT2D eigenvalue weighted by atomic mass is 16.3. The third-order valence-electron chi connectivity index (χ3n) is 7.50. The van der Waals surface area contributed by atoms with Gasteiger partial charge in [0.1, 0.15) is 6.04 Å². The Morgan fingerprint density at radius 2 is 1.70 bits per heavy atom. The summed E-state index contributed by atoms with van der Waals surface area (Å²) in [6.07, 6.45) is 5.22. The second kappa shape index (κ2) is 14.3. The molecule has 1 aliphatic rings. The third-order valence-corrected chi connectivity index (χ3v) is 7.50. The summed E-state index contributed by atoms with van der Waals surface area (Å²) >= 11 is 0. The Bertz CT molecular complexity index is 1020. The molecule has 0 saturated carbocycles. The maximum absolute atomic E-state index is 13.2. The number of hydrogen-bond donors (Lipinski definition) is 3. The van der Waals surface area contributed by atoms with E-state index < -0.39 is 18.2 Å². The maximum Gasteiger partial charge on any atom is 0.242 e. The Balaban J connectivity index is 1.73. The second-order valence-corrected chi connectivity index (χ2v) is 10.8. The van der Waals surface area contributed by atoms with Crippen LogP contribution in [0, 0.1) is 0 Å². The molecule has 1 aliphatic heterocycles. The number of carbonyl (C=O) groups excluding carboxylic acids is 2. The van der Waals surface area contributed by atoms with E-state index in [-0.39, 0.29) is 11.8 Å². The highest BCUT2D eigenvalue weighted by molar-refractivity contribution is 5.87. The van der Waals surface area contributed by atoms with Crippen molar-refractivity contribution in [3.8, 4) is 0 Å². The van der Waals surface area contributed by atoms with E-state index in [0.29, 0.717) is 31.8 Å². The van der Waals surface area contributed by atoms with Gasteiger partial charge in [-0.2, -0.15) is 0 Å².